The number of hydrogen-bond donors (Lipinski definition) is 0. The molecule has 0 spiro atoms. The molecule has 3 saturated heterocycles. The van der Waals surface area contributed by atoms with Gasteiger partial charge < -0.3 is 23.4 Å². The number of hydrogen-bond acceptors (Lipinski definition) is 5. The fraction of sp³-hybridized carbons (Fsp3) is 0.826. The molecule has 0 N–H and O–H groups in total. The first kappa shape index (κ1) is 22.6. The second-order valence-electron chi connectivity index (χ2n) is 11.5. The first-order valence-electron chi connectivity index (χ1n) is 11.4. The van der Waals surface area contributed by atoms with Crippen LogP contribution in [0.3, 0.4) is 0 Å². The van der Waals surface area contributed by atoms with Gasteiger partial charge in [0.05, 0.1) is 28.5 Å². The van der Waals surface area contributed by atoms with E-state index in [0.29, 0.717) is 0 Å². The van der Waals surface area contributed by atoms with E-state index in [-0.39, 0.29) is 12.0 Å². The second kappa shape index (κ2) is 6.95. The molecule has 2 unspecified atom stereocenters. The van der Waals surface area contributed by atoms with Crippen LogP contribution in [0.4, 0.5) is 0 Å². The Morgan fingerprint density at radius 2 is 1.23 bits per heavy atom. The number of fused-ring (bicyclic) bond motifs is 1. The van der Waals surface area contributed by atoms with E-state index in [9.17, 15) is 0 Å². The van der Waals surface area contributed by atoms with E-state index in [1.54, 1.807) is 0 Å². The SMILES string of the molecule is CC(C)=C1C(B2OC(C)(C)C(C)(C)O2)=C(B2OC(C)(C)C(C)(C)O2)C2CCCOC12. The van der Waals surface area contributed by atoms with Gasteiger partial charge in [-0.1, -0.05) is 5.57 Å². The van der Waals surface area contributed by atoms with Crippen molar-refractivity contribution in [3.8, 4) is 0 Å². The summed E-state index contributed by atoms with van der Waals surface area (Å²) in [6.45, 7) is 21.9. The van der Waals surface area contributed by atoms with Crippen molar-refractivity contribution in [2.24, 2.45) is 5.92 Å². The van der Waals surface area contributed by atoms with E-state index in [4.69, 9.17) is 23.4 Å². The fourth-order valence-corrected chi connectivity index (χ4v) is 4.94. The predicted octanol–water partition coefficient (Wildman–Crippen LogP) is 4.69. The quantitative estimate of drug-likeness (QED) is 0.612. The topological polar surface area (TPSA) is 46.2 Å². The van der Waals surface area contributed by atoms with Crippen LogP contribution in [0.5, 0.6) is 0 Å². The molecule has 166 valence electrons. The minimum absolute atomic E-state index is 0.0202. The van der Waals surface area contributed by atoms with Crippen molar-refractivity contribution in [2.45, 2.75) is 111 Å². The van der Waals surface area contributed by atoms with Crippen molar-refractivity contribution in [3.63, 3.8) is 0 Å². The Bertz CT molecular complexity index is 759. The molecular formula is C23H38B2O5. The van der Waals surface area contributed by atoms with Crippen molar-refractivity contribution >= 4 is 14.2 Å². The molecule has 0 saturated carbocycles. The van der Waals surface area contributed by atoms with E-state index in [1.807, 2.05) is 0 Å². The maximum absolute atomic E-state index is 6.55. The lowest BCUT2D eigenvalue weighted by Gasteiger charge is -2.32. The van der Waals surface area contributed by atoms with E-state index in [2.05, 4.69) is 69.2 Å². The van der Waals surface area contributed by atoms with Gasteiger partial charge in [0, 0.05) is 12.5 Å². The summed E-state index contributed by atoms with van der Waals surface area (Å²) < 4.78 is 32.5. The van der Waals surface area contributed by atoms with Crippen molar-refractivity contribution < 1.29 is 23.4 Å². The van der Waals surface area contributed by atoms with E-state index in [1.165, 1.54) is 11.1 Å². The van der Waals surface area contributed by atoms with Crippen LogP contribution >= 0.6 is 0 Å². The molecule has 0 radical (unpaired) electrons. The van der Waals surface area contributed by atoms with Crippen LogP contribution in [0.2, 0.25) is 0 Å². The summed E-state index contributed by atoms with van der Waals surface area (Å²) in [5, 5.41) is 0. The molecule has 3 aliphatic heterocycles. The highest BCUT2D eigenvalue weighted by atomic mass is 16.7. The lowest BCUT2D eigenvalue weighted by atomic mass is 9.62. The minimum atomic E-state index is -0.455. The standard InChI is InChI=1S/C23H38B2O5/c1-14(2)16-18(25-29-22(7,8)23(9,10)30-25)17(15-12-11-13-26-19(15)16)24-27-20(3,4)21(5,6)28-24/h15,19H,11-13H2,1-10H3. The lowest BCUT2D eigenvalue weighted by Crippen LogP contribution is -2.41. The molecule has 0 bridgehead atoms. The van der Waals surface area contributed by atoms with E-state index >= 15 is 0 Å². The van der Waals surface area contributed by atoms with Crippen molar-refractivity contribution in [1.29, 1.82) is 0 Å². The van der Waals surface area contributed by atoms with Gasteiger partial charge in [-0.3, -0.25) is 0 Å². The Morgan fingerprint density at radius 1 is 0.767 bits per heavy atom. The van der Waals surface area contributed by atoms with Gasteiger partial charge >= 0.3 is 14.2 Å². The summed E-state index contributed by atoms with van der Waals surface area (Å²) in [6, 6.07) is 0. The third kappa shape index (κ3) is 3.27. The molecule has 0 amide bonds. The Kier molecular flexibility index (Phi) is 5.24. The van der Waals surface area contributed by atoms with Gasteiger partial charge in [-0.15, -0.1) is 0 Å². The maximum atomic E-state index is 6.55. The molecule has 4 aliphatic rings. The molecule has 3 fully saturated rings. The molecule has 5 nitrogen and oxygen atoms in total. The average Bonchev–Trinajstić information content (AvgIpc) is 3.12. The zero-order valence-electron chi connectivity index (χ0n) is 20.5. The number of allylic oxidation sites excluding steroid dienone is 1. The van der Waals surface area contributed by atoms with Gasteiger partial charge in [0.2, 0.25) is 0 Å². The van der Waals surface area contributed by atoms with Gasteiger partial charge in [0.25, 0.3) is 0 Å². The first-order chi connectivity index (χ1) is 13.7. The predicted molar refractivity (Wildman–Crippen MR) is 120 cm³/mol. The Labute approximate surface area is 183 Å². The van der Waals surface area contributed by atoms with E-state index < -0.39 is 36.6 Å². The molecule has 0 aromatic rings. The summed E-state index contributed by atoms with van der Waals surface area (Å²) in [6.07, 6.45) is 2.12. The highest BCUT2D eigenvalue weighted by Gasteiger charge is 2.61. The molecule has 30 heavy (non-hydrogen) atoms. The number of ether oxygens (including phenoxy) is 1. The van der Waals surface area contributed by atoms with Crippen molar-refractivity contribution in [2.75, 3.05) is 6.61 Å². The Balaban J connectivity index is 1.86. The largest absolute Gasteiger partial charge is 0.494 e. The number of rotatable bonds is 2. The summed E-state index contributed by atoms with van der Waals surface area (Å²) in [5.74, 6) is 0.229. The van der Waals surface area contributed by atoms with Crippen molar-refractivity contribution in [1.82, 2.24) is 0 Å². The third-order valence-electron chi connectivity index (χ3n) is 8.14. The maximum Gasteiger partial charge on any atom is 0.494 e. The lowest BCUT2D eigenvalue weighted by molar-refractivity contribution is 0.00578. The highest BCUT2D eigenvalue weighted by molar-refractivity contribution is 6.64. The summed E-state index contributed by atoms with van der Waals surface area (Å²) in [4.78, 5) is 0. The average molecular weight is 416 g/mol. The van der Waals surface area contributed by atoms with Crippen LogP contribution in [0.25, 0.3) is 0 Å². The third-order valence-corrected chi connectivity index (χ3v) is 8.14. The zero-order valence-corrected chi connectivity index (χ0v) is 20.5. The summed E-state index contributed by atoms with van der Waals surface area (Å²) >= 11 is 0. The smallest absolute Gasteiger partial charge is 0.400 e. The Morgan fingerprint density at radius 3 is 1.70 bits per heavy atom. The minimum Gasteiger partial charge on any atom is -0.400 e. The van der Waals surface area contributed by atoms with Gasteiger partial charge in [0.1, 0.15) is 0 Å². The van der Waals surface area contributed by atoms with Crippen LogP contribution in [0.1, 0.15) is 82.1 Å². The van der Waals surface area contributed by atoms with Gasteiger partial charge in [-0.25, -0.2) is 0 Å². The van der Waals surface area contributed by atoms with Gasteiger partial charge in [-0.2, -0.15) is 0 Å². The van der Waals surface area contributed by atoms with Crippen LogP contribution in [-0.4, -0.2) is 49.4 Å². The van der Waals surface area contributed by atoms with Gasteiger partial charge in [0.15, 0.2) is 0 Å². The van der Waals surface area contributed by atoms with Crippen LogP contribution in [-0.2, 0) is 23.4 Å². The molecule has 2 atom stereocenters. The van der Waals surface area contributed by atoms with Crippen molar-refractivity contribution in [3.05, 3.63) is 22.1 Å². The van der Waals surface area contributed by atoms with Crippen LogP contribution in [0.15, 0.2) is 22.1 Å². The summed E-state index contributed by atoms with van der Waals surface area (Å²) in [5.41, 5.74) is 3.08. The monoisotopic (exact) mass is 416 g/mol. The molecule has 0 aromatic carbocycles. The molecule has 1 aliphatic carbocycles. The molecular weight excluding hydrogens is 378 g/mol. The molecule has 4 rings (SSSR count). The normalized spacial score (nSPS) is 34.0. The first-order valence-corrected chi connectivity index (χ1v) is 11.4. The molecule has 3 heterocycles. The van der Waals surface area contributed by atoms with E-state index in [0.717, 1.165) is 30.4 Å². The molecule has 0 aromatic heterocycles. The second-order valence-corrected chi connectivity index (χ2v) is 11.5. The van der Waals surface area contributed by atoms with Crippen LogP contribution in [0, 0.1) is 5.92 Å². The fourth-order valence-electron chi connectivity index (χ4n) is 4.94. The van der Waals surface area contributed by atoms with Gasteiger partial charge in [-0.05, 0) is 98.6 Å². The highest BCUT2D eigenvalue weighted by Crippen LogP contribution is 2.52. The van der Waals surface area contributed by atoms with Crippen LogP contribution < -0.4 is 0 Å². The molecule has 7 heteroatoms. The summed E-state index contributed by atoms with van der Waals surface area (Å²) in [7, 11) is -0.877. The zero-order chi connectivity index (χ0) is 22.3. The Hall–Kier alpha value is -0.590.